The van der Waals surface area contributed by atoms with E-state index in [0.29, 0.717) is 4.88 Å². The average Bonchev–Trinajstić information content (AvgIpc) is 4.17. The van der Waals surface area contributed by atoms with Gasteiger partial charge in [-0.25, -0.2) is 10.9 Å². The van der Waals surface area contributed by atoms with Crippen molar-refractivity contribution in [2.45, 2.75) is 0 Å². The third-order valence-electron chi connectivity index (χ3n) is 8.33. The summed E-state index contributed by atoms with van der Waals surface area (Å²) in [5.74, 6) is -0.860. The molecule has 12 aromatic heterocycles. The van der Waals surface area contributed by atoms with Crippen molar-refractivity contribution in [1.82, 2.24) is 0 Å². The Kier molecular flexibility index (Phi) is 26.9. The largest absolute Gasteiger partial charge is 2.00 e. The third kappa shape index (κ3) is 18.9. The SMILES string of the molecule is Brc1ccc(Br)s1.Brc1cccs1.O=C(O)c1ccc(-c2ccc(-c3cccs3)s2)s1.O=Cc1ccc(-c2ccc(-c3cccs3)s2)s1.[Br-].[Mg+2].[c-]1cccs1.c1csc(-c2ccc(-c3cccs3)s2)c1. The summed E-state index contributed by atoms with van der Waals surface area (Å²) < 4.78 is 3.53. The van der Waals surface area contributed by atoms with E-state index in [-0.39, 0.29) is 40.0 Å². The van der Waals surface area contributed by atoms with Gasteiger partial charge >= 0.3 is 29.0 Å². The Morgan fingerprint density at radius 1 is 0.414 bits per heavy atom. The Balaban J connectivity index is 0.000000165. The minimum atomic E-state index is -0.860. The first-order valence-electron chi connectivity index (χ1n) is 19.6. The minimum absolute atomic E-state index is 0. The molecule has 0 saturated heterocycles. The molecule has 20 heteroatoms. The van der Waals surface area contributed by atoms with E-state index < -0.39 is 5.97 Å². The van der Waals surface area contributed by atoms with E-state index in [2.05, 4.69) is 154 Å². The van der Waals surface area contributed by atoms with E-state index >= 15 is 0 Å². The van der Waals surface area contributed by atoms with Gasteiger partial charge < -0.3 is 33.4 Å². The minimum Gasteiger partial charge on any atom is -1.00 e. The number of hydrogen-bond donors (Lipinski definition) is 1. The summed E-state index contributed by atoms with van der Waals surface area (Å²) in [6.07, 6.45) is 0.905. The quantitative estimate of drug-likeness (QED) is 0.0937. The predicted molar refractivity (Wildman–Crippen MR) is 326 cm³/mol. The van der Waals surface area contributed by atoms with Gasteiger partial charge in [0.2, 0.25) is 0 Å². The first-order chi connectivity index (χ1) is 33.2. The summed E-state index contributed by atoms with van der Waals surface area (Å²) in [6.45, 7) is 0. The second kappa shape index (κ2) is 31.8. The molecular weight excluding hydrogens is 1380 g/mol. The van der Waals surface area contributed by atoms with Crippen molar-refractivity contribution in [1.29, 1.82) is 0 Å². The zero-order valence-corrected chi connectivity index (χ0v) is 53.3. The smallest absolute Gasteiger partial charge is 1.00 e. The number of hydrogen-bond acceptors (Lipinski definition) is 14. The summed E-state index contributed by atoms with van der Waals surface area (Å²) in [4.78, 5) is 37.7. The number of aldehydes is 1. The molecule has 0 spiro atoms. The van der Waals surface area contributed by atoms with E-state index in [4.69, 9.17) is 5.11 Å². The summed E-state index contributed by atoms with van der Waals surface area (Å²) in [6, 6.07) is 49.0. The fourth-order valence-corrected chi connectivity index (χ4v) is 17.3. The number of rotatable bonds is 8. The Morgan fingerprint density at radius 2 is 0.800 bits per heavy atom. The zero-order valence-electron chi connectivity index (χ0n) is 35.8. The number of carbonyl (C=O) groups excluding carboxylic acids is 1. The van der Waals surface area contributed by atoms with Gasteiger partial charge in [0.05, 0.1) is 16.2 Å². The van der Waals surface area contributed by atoms with Gasteiger partial charge in [0, 0.05) is 58.5 Å². The van der Waals surface area contributed by atoms with Gasteiger partial charge in [0.25, 0.3) is 0 Å². The Morgan fingerprint density at radius 3 is 1.06 bits per heavy atom. The van der Waals surface area contributed by atoms with Gasteiger partial charge in [0.15, 0.2) is 6.29 Å². The van der Waals surface area contributed by atoms with Gasteiger partial charge in [-0.3, -0.25) is 4.79 Å². The van der Waals surface area contributed by atoms with Crippen LogP contribution in [0.4, 0.5) is 0 Å². The standard InChI is InChI=1S/C13H8O2S3.C13H8OS3.C12H8S3.C4H2Br2S.C4H3BrS.C4H3S.BrH.Mg/c14-13(15)12-6-5-11(18-12)10-4-3-9(17-10)8-2-1-7-16-8;14-8-9-3-4-12(16-9)13-6-5-11(17-13)10-2-1-7-15-10;1-3-9(13-7-1)11-5-6-12(15-11)10-4-2-8-14-10;5-3-1-2-4(6)7-3;5-4-2-1-3-6-4;1-2-4-5-3-1;;/h1-7H,(H,14,15);1-8H;1-8H;1-2H;1-3H;1-3H;1H;/q;;;;;-1;;+2/p-1. The molecule has 0 fully saturated rings. The summed E-state index contributed by atoms with van der Waals surface area (Å²) in [7, 11) is 0. The van der Waals surface area contributed by atoms with Crippen molar-refractivity contribution in [3.8, 4) is 58.5 Å². The van der Waals surface area contributed by atoms with Crippen LogP contribution >= 0.6 is 184 Å². The van der Waals surface area contributed by atoms with Crippen LogP contribution in [-0.2, 0) is 0 Å². The third-order valence-corrected chi connectivity index (χ3v) is 22.5. The Bertz CT molecular complexity index is 3140. The average molecular weight is 1410 g/mol. The molecule has 0 aliphatic heterocycles. The summed E-state index contributed by atoms with van der Waals surface area (Å²) >= 11 is 30.2. The van der Waals surface area contributed by atoms with Gasteiger partial charge in [-0.1, -0.05) is 30.3 Å². The zero-order chi connectivity index (χ0) is 47.5. The topological polar surface area (TPSA) is 54.4 Å². The van der Waals surface area contributed by atoms with Crippen molar-refractivity contribution in [2.75, 3.05) is 0 Å². The van der Waals surface area contributed by atoms with Crippen molar-refractivity contribution >= 4 is 219 Å². The molecule has 0 amide bonds. The van der Waals surface area contributed by atoms with E-state index in [1.54, 1.807) is 119 Å². The van der Waals surface area contributed by atoms with Gasteiger partial charge in [-0.2, -0.15) is 11.4 Å². The maximum atomic E-state index is 10.9. The second-order valence-corrected chi connectivity index (χ2v) is 29.0. The molecule has 1 N–H and O–H groups in total. The van der Waals surface area contributed by atoms with Gasteiger partial charge in [0.1, 0.15) is 4.88 Å². The van der Waals surface area contributed by atoms with Crippen molar-refractivity contribution in [3.05, 3.63) is 204 Å². The molecule has 0 aliphatic rings. The van der Waals surface area contributed by atoms with Crippen LogP contribution in [0, 0.1) is 5.38 Å². The fraction of sp³-hybridized carbons (Fsp3) is 0. The molecular formula is C50H32Br4MgO3S12. The maximum absolute atomic E-state index is 10.9. The van der Waals surface area contributed by atoms with Crippen LogP contribution in [-0.4, -0.2) is 40.4 Å². The van der Waals surface area contributed by atoms with Crippen LogP contribution in [0.15, 0.2) is 189 Å². The molecule has 12 rings (SSSR count). The van der Waals surface area contributed by atoms with Crippen LogP contribution in [0.5, 0.6) is 0 Å². The molecule has 0 radical (unpaired) electrons. The Hall–Kier alpha value is -1.77. The number of halogens is 4. The van der Waals surface area contributed by atoms with Crippen LogP contribution < -0.4 is 17.0 Å². The van der Waals surface area contributed by atoms with Gasteiger partial charge in [-0.15, -0.1) is 130 Å². The molecule has 12 heterocycles. The molecule has 0 aromatic carbocycles. The number of thiophene rings is 12. The van der Waals surface area contributed by atoms with Crippen LogP contribution in [0.1, 0.15) is 19.3 Å². The first-order valence-corrected chi connectivity index (χ1v) is 32.1. The molecule has 70 heavy (non-hydrogen) atoms. The van der Waals surface area contributed by atoms with E-state index in [0.717, 1.165) is 20.9 Å². The molecule has 0 unspecified atom stereocenters. The van der Waals surface area contributed by atoms with Crippen molar-refractivity contribution < 1.29 is 31.7 Å². The first kappa shape index (κ1) is 59.1. The Labute approximate surface area is 506 Å². The maximum Gasteiger partial charge on any atom is 2.00 e. The molecule has 0 aliphatic carbocycles. The van der Waals surface area contributed by atoms with Crippen LogP contribution in [0.2, 0.25) is 0 Å². The number of aromatic carboxylic acids is 1. The van der Waals surface area contributed by atoms with Crippen molar-refractivity contribution in [3.63, 3.8) is 0 Å². The van der Waals surface area contributed by atoms with E-state index in [1.165, 1.54) is 71.5 Å². The molecule has 3 nitrogen and oxygen atoms in total. The molecule has 0 saturated carbocycles. The molecule has 352 valence electrons. The predicted octanol–water partition coefficient (Wildman–Crippen LogP) is 19.1. The molecule has 0 bridgehead atoms. The van der Waals surface area contributed by atoms with E-state index in [9.17, 15) is 9.59 Å². The summed E-state index contributed by atoms with van der Waals surface area (Å²) in [5.41, 5.74) is 0. The van der Waals surface area contributed by atoms with E-state index in [1.807, 2.05) is 82.8 Å². The van der Waals surface area contributed by atoms with Gasteiger partial charge in [-0.05, 0) is 178 Å². The second-order valence-electron chi connectivity index (χ2n) is 12.9. The summed E-state index contributed by atoms with van der Waals surface area (Å²) in [5, 5.41) is 24.2. The number of carbonyl (C=O) groups is 2. The normalized spacial score (nSPS) is 9.87. The van der Waals surface area contributed by atoms with Crippen molar-refractivity contribution in [2.24, 2.45) is 0 Å². The van der Waals surface area contributed by atoms with Crippen LogP contribution in [0.25, 0.3) is 58.5 Å². The molecule has 0 atom stereocenters. The number of carboxylic acid groups (broad SMARTS) is 1. The molecule has 12 aromatic rings. The number of carboxylic acids is 1. The van der Waals surface area contributed by atoms with Crippen LogP contribution in [0.3, 0.4) is 0 Å². The monoisotopic (exact) mass is 1400 g/mol. The fourth-order valence-electron chi connectivity index (χ4n) is 5.36.